The molecule has 0 saturated carbocycles. The Bertz CT molecular complexity index is 111. The third kappa shape index (κ3) is 0.944. The smallest absolute Gasteiger partial charge is 0.0653 e. The Labute approximate surface area is 54.3 Å². The average Bonchev–Trinajstić information content (AvgIpc) is 1.86. The molecular formula is C4H3IS. The predicted octanol–water partition coefficient (Wildman–Crippen LogP) is 2.35. The van der Waals surface area contributed by atoms with Gasteiger partial charge >= 0.3 is 0 Å². The second-order valence-corrected chi connectivity index (χ2v) is 3.76. The number of hydrogen-bond acceptors (Lipinski definition) is 1. The highest BCUT2D eigenvalue weighted by Crippen LogP contribution is 2.09. The van der Waals surface area contributed by atoms with E-state index in [0.29, 0.717) is 0 Å². The summed E-state index contributed by atoms with van der Waals surface area (Å²) in [5.41, 5.74) is 0. The second-order valence-electron chi connectivity index (χ2n) is 0.917. The van der Waals surface area contributed by atoms with Crippen LogP contribution in [0.1, 0.15) is 0 Å². The van der Waals surface area contributed by atoms with Crippen molar-refractivity contribution in [3.8, 4) is 0 Å². The molecule has 0 fully saturated rings. The van der Waals surface area contributed by atoms with Crippen LogP contribution < -0.4 is 0 Å². The van der Waals surface area contributed by atoms with E-state index >= 15 is 0 Å². The molecule has 1 aromatic rings. The molecule has 0 spiro atoms. The van der Waals surface area contributed by atoms with Crippen molar-refractivity contribution in [2.45, 2.75) is 0 Å². The van der Waals surface area contributed by atoms with Crippen molar-refractivity contribution >= 4 is 33.9 Å². The van der Waals surface area contributed by atoms with Gasteiger partial charge in [-0.25, -0.2) is 0 Å². The molecule has 0 aliphatic rings. The molecule has 6 heavy (non-hydrogen) atoms. The Morgan fingerprint density at radius 3 is 2.67 bits per heavy atom. The number of hydrogen-bond donors (Lipinski definition) is 0. The van der Waals surface area contributed by atoms with E-state index in [4.69, 9.17) is 0 Å². The molecule has 0 aliphatic carbocycles. The molecule has 0 N–H and O–H groups in total. The van der Waals surface area contributed by atoms with Gasteiger partial charge in [0, 0.05) is 0 Å². The van der Waals surface area contributed by atoms with E-state index in [0.717, 1.165) is 0 Å². The molecule has 0 saturated heterocycles. The largest absolute Gasteiger partial charge is 0.138 e. The molecule has 0 nitrogen and oxygen atoms in total. The van der Waals surface area contributed by atoms with Gasteiger partial charge in [0.1, 0.15) is 0 Å². The first kappa shape index (κ1) is 4.59. The maximum atomic E-state index is 2.29. The Balaban J connectivity index is 3.05. The zero-order valence-corrected chi connectivity index (χ0v) is 5.99. The van der Waals surface area contributed by atoms with E-state index in [1.165, 1.54) is 2.88 Å². The second kappa shape index (κ2) is 1.93. The first-order valence-corrected chi connectivity index (χ1v) is 3.54. The predicted molar refractivity (Wildman–Crippen MR) is 37.0 cm³/mol. The van der Waals surface area contributed by atoms with E-state index < -0.39 is 0 Å². The molecule has 0 aliphatic heterocycles. The van der Waals surface area contributed by atoms with Crippen LogP contribution in [-0.4, -0.2) is 0 Å². The van der Waals surface area contributed by atoms with Crippen molar-refractivity contribution in [3.05, 3.63) is 20.4 Å². The summed E-state index contributed by atoms with van der Waals surface area (Å²) in [5, 5.41) is 2.07. The molecule has 2 heteroatoms. The SMILES string of the molecule is Ic1cccs1. The molecule has 1 heterocycles. The van der Waals surface area contributed by atoms with Crippen molar-refractivity contribution in [1.29, 1.82) is 0 Å². The van der Waals surface area contributed by atoms with Gasteiger partial charge in [-0.1, -0.05) is 6.07 Å². The lowest BCUT2D eigenvalue weighted by atomic mass is 10.7. The average molecular weight is 210 g/mol. The highest BCUT2D eigenvalue weighted by Gasteiger charge is 1.77. The summed E-state index contributed by atoms with van der Waals surface area (Å²) in [6.45, 7) is 0. The van der Waals surface area contributed by atoms with Crippen molar-refractivity contribution in [2.24, 2.45) is 0 Å². The van der Waals surface area contributed by atoms with Gasteiger partial charge in [-0.05, 0) is 34.0 Å². The molecule has 0 unspecified atom stereocenters. The summed E-state index contributed by atoms with van der Waals surface area (Å²) in [7, 11) is 0. The molecule has 0 atom stereocenters. The summed E-state index contributed by atoms with van der Waals surface area (Å²) in [6, 6.07) is 4.14. The van der Waals surface area contributed by atoms with Crippen molar-refractivity contribution < 1.29 is 0 Å². The Morgan fingerprint density at radius 1 is 1.67 bits per heavy atom. The van der Waals surface area contributed by atoms with E-state index in [-0.39, 0.29) is 0 Å². The monoisotopic (exact) mass is 210 g/mol. The van der Waals surface area contributed by atoms with Crippen LogP contribution in [0.5, 0.6) is 0 Å². The van der Waals surface area contributed by atoms with Gasteiger partial charge in [-0.3, -0.25) is 0 Å². The van der Waals surface area contributed by atoms with E-state index in [1.807, 2.05) is 6.07 Å². The quantitative estimate of drug-likeness (QED) is 0.576. The van der Waals surface area contributed by atoms with Gasteiger partial charge < -0.3 is 0 Å². The maximum Gasteiger partial charge on any atom is 0.0653 e. The maximum absolute atomic E-state index is 2.29. The summed E-state index contributed by atoms with van der Waals surface area (Å²) < 4.78 is 1.35. The lowest BCUT2D eigenvalue weighted by Gasteiger charge is -1.62. The minimum absolute atomic E-state index is 1.35. The molecule has 0 amide bonds. The number of thiophene rings is 1. The van der Waals surface area contributed by atoms with Crippen LogP contribution in [0.3, 0.4) is 0 Å². The molecule has 1 rings (SSSR count). The molecule has 0 radical (unpaired) electrons. The standard InChI is InChI=1S/C4H3IS/c5-4-2-1-3-6-4/h1-3H. The summed E-state index contributed by atoms with van der Waals surface area (Å²) >= 11 is 4.06. The molecule has 0 aromatic carbocycles. The first-order chi connectivity index (χ1) is 2.89. The van der Waals surface area contributed by atoms with Crippen LogP contribution in [0.15, 0.2) is 17.5 Å². The fraction of sp³-hybridized carbons (Fsp3) is 0. The minimum atomic E-state index is 1.35. The van der Waals surface area contributed by atoms with Crippen LogP contribution in [-0.2, 0) is 0 Å². The highest BCUT2D eigenvalue weighted by atomic mass is 127. The topological polar surface area (TPSA) is 0 Å². The lowest BCUT2D eigenvalue weighted by molar-refractivity contribution is 1.97. The fourth-order valence-corrected chi connectivity index (χ4v) is 1.35. The van der Waals surface area contributed by atoms with E-state index in [1.54, 1.807) is 11.3 Å². The highest BCUT2D eigenvalue weighted by molar-refractivity contribution is 14.1. The van der Waals surface area contributed by atoms with Crippen molar-refractivity contribution in [3.63, 3.8) is 0 Å². The van der Waals surface area contributed by atoms with E-state index in [2.05, 4.69) is 34.0 Å². The van der Waals surface area contributed by atoms with Gasteiger partial charge in [-0.2, -0.15) is 0 Å². The Kier molecular flexibility index (Phi) is 1.48. The van der Waals surface area contributed by atoms with Gasteiger partial charge in [0.2, 0.25) is 0 Å². The molecule has 32 valence electrons. The van der Waals surface area contributed by atoms with Gasteiger partial charge in [-0.15, -0.1) is 11.3 Å². The van der Waals surface area contributed by atoms with Crippen LogP contribution in [0.4, 0.5) is 0 Å². The third-order valence-corrected chi connectivity index (χ3v) is 2.26. The zero-order chi connectivity index (χ0) is 4.41. The summed E-state index contributed by atoms with van der Waals surface area (Å²) in [5.74, 6) is 0. The normalized spacial score (nSPS) is 8.83. The van der Waals surface area contributed by atoms with Crippen LogP contribution in [0, 0.1) is 2.88 Å². The third-order valence-electron chi connectivity index (χ3n) is 0.486. The lowest BCUT2D eigenvalue weighted by Crippen LogP contribution is -1.38. The van der Waals surface area contributed by atoms with Crippen molar-refractivity contribution in [1.82, 2.24) is 0 Å². The molecular weight excluding hydrogens is 207 g/mol. The minimum Gasteiger partial charge on any atom is -0.138 e. The molecule has 1 aromatic heterocycles. The zero-order valence-electron chi connectivity index (χ0n) is 3.02. The van der Waals surface area contributed by atoms with Crippen molar-refractivity contribution in [2.75, 3.05) is 0 Å². The molecule has 0 bridgehead atoms. The van der Waals surface area contributed by atoms with Crippen LogP contribution in [0.2, 0.25) is 0 Å². The summed E-state index contributed by atoms with van der Waals surface area (Å²) in [6.07, 6.45) is 0. The van der Waals surface area contributed by atoms with Gasteiger partial charge in [0.05, 0.1) is 2.88 Å². The first-order valence-electron chi connectivity index (χ1n) is 1.58. The van der Waals surface area contributed by atoms with Crippen LogP contribution in [0.25, 0.3) is 0 Å². The Morgan fingerprint density at radius 2 is 2.50 bits per heavy atom. The van der Waals surface area contributed by atoms with Crippen LogP contribution >= 0.6 is 33.9 Å². The Hall–Kier alpha value is 0.430. The number of rotatable bonds is 0. The van der Waals surface area contributed by atoms with E-state index in [9.17, 15) is 0 Å². The van der Waals surface area contributed by atoms with Gasteiger partial charge in [0.25, 0.3) is 0 Å². The fourth-order valence-electron chi connectivity index (χ4n) is 0.259. The summed E-state index contributed by atoms with van der Waals surface area (Å²) in [4.78, 5) is 0. The van der Waals surface area contributed by atoms with Gasteiger partial charge in [0.15, 0.2) is 0 Å². The number of halogens is 1.